The molecule has 0 saturated heterocycles. The maximum Gasteiger partial charge on any atom is 0.240 e. The fraction of sp³-hybridized carbons (Fsp3) is 0.0833. The molecular weight excluding hydrogens is 174 g/mol. The second-order valence-electron chi connectivity index (χ2n) is 3.04. The minimum Gasteiger partial charge on any atom is -0.211 e. The standard InChI is InChI=1S/C12H9NO/c14-9-13-12-8-4-6-10-5-2-1-3-7-11(10)12/h1-4,6-8H,5H2. The maximum atomic E-state index is 10.2. The molecule has 0 saturated carbocycles. The van der Waals surface area contributed by atoms with Crippen LogP contribution in [-0.2, 0) is 11.2 Å². The highest BCUT2D eigenvalue weighted by Crippen LogP contribution is 2.26. The Morgan fingerprint density at radius 2 is 2.21 bits per heavy atom. The van der Waals surface area contributed by atoms with Crippen LogP contribution in [0.2, 0.25) is 0 Å². The molecule has 0 aliphatic heterocycles. The zero-order chi connectivity index (χ0) is 9.80. The van der Waals surface area contributed by atoms with Crippen molar-refractivity contribution in [2.24, 2.45) is 4.99 Å². The number of carbonyl (C=O) groups excluding carboxylic acids is 1. The molecule has 0 aromatic heterocycles. The number of benzene rings is 1. The molecule has 0 atom stereocenters. The Morgan fingerprint density at radius 1 is 1.29 bits per heavy atom. The number of hydrogen-bond donors (Lipinski definition) is 0. The fourth-order valence-electron chi connectivity index (χ4n) is 1.54. The summed E-state index contributed by atoms with van der Waals surface area (Å²) in [5.74, 6) is 0. The fourth-order valence-corrected chi connectivity index (χ4v) is 1.54. The lowest BCUT2D eigenvalue weighted by Gasteiger charge is -2.04. The number of fused-ring (bicyclic) bond motifs is 1. The van der Waals surface area contributed by atoms with E-state index in [2.05, 4.69) is 11.1 Å². The lowest BCUT2D eigenvalue weighted by atomic mass is 10.0. The molecule has 0 amide bonds. The van der Waals surface area contributed by atoms with Gasteiger partial charge in [0.05, 0.1) is 5.69 Å². The first kappa shape index (κ1) is 8.67. The van der Waals surface area contributed by atoms with Crippen molar-refractivity contribution >= 4 is 17.8 Å². The van der Waals surface area contributed by atoms with Gasteiger partial charge in [-0.15, -0.1) is 0 Å². The van der Waals surface area contributed by atoms with Crippen molar-refractivity contribution in [2.75, 3.05) is 0 Å². The van der Waals surface area contributed by atoms with Crippen molar-refractivity contribution < 1.29 is 4.79 Å². The topological polar surface area (TPSA) is 29.4 Å². The van der Waals surface area contributed by atoms with Gasteiger partial charge in [0.25, 0.3) is 0 Å². The summed E-state index contributed by atoms with van der Waals surface area (Å²) in [7, 11) is 0. The zero-order valence-electron chi connectivity index (χ0n) is 7.60. The van der Waals surface area contributed by atoms with Gasteiger partial charge in [-0.05, 0) is 18.1 Å². The van der Waals surface area contributed by atoms with Gasteiger partial charge in [0.1, 0.15) is 0 Å². The Labute approximate surface area is 82.3 Å². The van der Waals surface area contributed by atoms with Crippen molar-refractivity contribution in [2.45, 2.75) is 6.42 Å². The molecule has 2 nitrogen and oxygen atoms in total. The average Bonchev–Trinajstić information content (AvgIpc) is 2.44. The van der Waals surface area contributed by atoms with Gasteiger partial charge < -0.3 is 0 Å². The average molecular weight is 183 g/mol. The summed E-state index contributed by atoms with van der Waals surface area (Å²) in [4.78, 5) is 13.9. The van der Waals surface area contributed by atoms with Gasteiger partial charge in [-0.25, -0.2) is 4.79 Å². The highest BCUT2D eigenvalue weighted by atomic mass is 16.1. The molecule has 1 aliphatic carbocycles. The molecule has 0 bridgehead atoms. The summed E-state index contributed by atoms with van der Waals surface area (Å²) in [5, 5.41) is 0. The van der Waals surface area contributed by atoms with Gasteiger partial charge in [-0.3, -0.25) is 0 Å². The van der Waals surface area contributed by atoms with Gasteiger partial charge in [0.2, 0.25) is 6.08 Å². The number of rotatable bonds is 1. The van der Waals surface area contributed by atoms with Gasteiger partial charge in [-0.1, -0.05) is 36.4 Å². The zero-order valence-corrected chi connectivity index (χ0v) is 7.60. The minimum absolute atomic E-state index is 0.692. The van der Waals surface area contributed by atoms with Crippen LogP contribution in [0.5, 0.6) is 0 Å². The molecule has 0 unspecified atom stereocenters. The Hall–Kier alpha value is -1.92. The largest absolute Gasteiger partial charge is 0.240 e. The Bertz CT molecular complexity index is 451. The summed E-state index contributed by atoms with van der Waals surface area (Å²) < 4.78 is 0. The van der Waals surface area contributed by atoms with E-state index in [0.29, 0.717) is 5.69 Å². The van der Waals surface area contributed by atoms with Crippen LogP contribution in [0.4, 0.5) is 5.69 Å². The van der Waals surface area contributed by atoms with Gasteiger partial charge in [-0.2, -0.15) is 4.99 Å². The SMILES string of the molecule is O=C=Nc1cccc2c1C=CC=CC2. The molecule has 68 valence electrons. The highest BCUT2D eigenvalue weighted by Gasteiger charge is 2.04. The lowest BCUT2D eigenvalue weighted by molar-refractivity contribution is 0.565. The molecule has 1 aromatic rings. The molecule has 2 heteroatoms. The van der Waals surface area contributed by atoms with Crippen LogP contribution in [0, 0.1) is 0 Å². The summed E-state index contributed by atoms with van der Waals surface area (Å²) in [6, 6.07) is 5.76. The molecule has 1 aliphatic rings. The predicted octanol–water partition coefficient (Wildman–Crippen LogP) is 2.78. The number of aliphatic imine (C=N–C) groups is 1. The Morgan fingerprint density at radius 3 is 3.07 bits per heavy atom. The van der Waals surface area contributed by atoms with Crippen molar-refractivity contribution in [3.63, 3.8) is 0 Å². The smallest absolute Gasteiger partial charge is 0.211 e. The summed E-state index contributed by atoms with van der Waals surface area (Å²) >= 11 is 0. The van der Waals surface area contributed by atoms with Crippen LogP contribution in [0.3, 0.4) is 0 Å². The minimum atomic E-state index is 0.692. The predicted molar refractivity (Wildman–Crippen MR) is 56.1 cm³/mol. The number of hydrogen-bond acceptors (Lipinski definition) is 2. The first-order valence-corrected chi connectivity index (χ1v) is 4.45. The first-order valence-electron chi connectivity index (χ1n) is 4.45. The van der Waals surface area contributed by atoms with Crippen molar-refractivity contribution in [3.05, 3.63) is 47.6 Å². The molecule has 0 N–H and O–H groups in total. The van der Waals surface area contributed by atoms with E-state index in [9.17, 15) is 4.79 Å². The van der Waals surface area contributed by atoms with Crippen LogP contribution in [0.15, 0.2) is 41.4 Å². The number of nitrogens with zero attached hydrogens (tertiary/aromatic N) is 1. The van der Waals surface area contributed by atoms with E-state index >= 15 is 0 Å². The van der Waals surface area contributed by atoms with E-state index in [1.165, 1.54) is 5.56 Å². The summed E-state index contributed by atoms with van der Waals surface area (Å²) in [6.45, 7) is 0. The second kappa shape index (κ2) is 3.86. The molecule has 0 heterocycles. The molecule has 1 aromatic carbocycles. The lowest BCUT2D eigenvalue weighted by Crippen LogP contribution is -1.85. The molecule has 2 rings (SSSR count). The summed E-state index contributed by atoms with van der Waals surface area (Å²) in [6.07, 6.45) is 10.5. The van der Waals surface area contributed by atoms with E-state index in [1.54, 1.807) is 6.08 Å². The van der Waals surface area contributed by atoms with Crippen LogP contribution in [0.25, 0.3) is 6.08 Å². The van der Waals surface area contributed by atoms with E-state index in [0.717, 1.165) is 12.0 Å². The monoisotopic (exact) mass is 183 g/mol. The molecule has 0 fully saturated rings. The number of isocyanates is 1. The number of allylic oxidation sites excluding steroid dienone is 3. The maximum absolute atomic E-state index is 10.2. The normalized spacial score (nSPS) is 12.9. The third-order valence-corrected chi connectivity index (χ3v) is 2.19. The van der Waals surface area contributed by atoms with Crippen LogP contribution in [0.1, 0.15) is 11.1 Å². The molecular formula is C12H9NO. The van der Waals surface area contributed by atoms with Gasteiger partial charge in [0.15, 0.2) is 0 Å². The quantitative estimate of drug-likeness (QED) is 0.486. The van der Waals surface area contributed by atoms with E-state index < -0.39 is 0 Å². The summed E-state index contributed by atoms with van der Waals surface area (Å²) in [5.41, 5.74) is 2.89. The third-order valence-electron chi connectivity index (χ3n) is 2.19. The molecule has 0 radical (unpaired) electrons. The molecule has 14 heavy (non-hydrogen) atoms. The van der Waals surface area contributed by atoms with Crippen molar-refractivity contribution in [3.8, 4) is 0 Å². The third kappa shape index (κ3) is 1.56. The molecule has 0 spiro atoms. The Balaban J connectivity index is 2.60. The van der Waals surface area contributed by atoms with Crippen molar-refractivity contribution in [1.82, 2.24) is 0 Å². The van der Waals surface area contributed by atoms with Gasteiger partial charge >= 0.3 is 0 Å². The Kier molecular flexibility index (Phi) is 2.39. The van der Waals surface area contributed by atoms with E-state index in [1.807, 2.05) is 36.4 Å². The van der Waals surface area contributed by atoms with Gasteiger partial charge in [0, 0.05) is 5.56 Å². The van der Waals surface area contributed by atoms with Crippen LogP contribution >= 0.6 is 0 Å². The first-order chi connectivity index (χ1) is 6.92. The second-order valence-corrected chi connectivity index (χ2v) is 3.04. The van der Waals surface area contributed by atoms with E-state index in [4.69, 9.17) is 0 Å². The highest BCUT2D eigenvalue weighted by molar-refractivity contribution is 5.70. The van der Waals surface area contributed by atoms with Crippen LogP contribution < -0.4 is 0 Å². The van der Waals surface area contributed by atoms with Crippen molar-refractivity contribution in [1.29, 1.82) is 0 Å². The van der Waals surface area contributed by atoms with E-state index in [-0.39, 0.29) is 0 Å². The van der Waals surface area contributed by atoms with Crippen LogP contribution in [-0.4, -0.2) is 6.08 Å².